The number of aromatic nitrogens is 2. The smallest absolute Gasteiger partial charge is 0.227 e. The predicted molar refractivity (Wildman–Crippen MR) is 136 cm³/mol. The van der Waals surface area contributed by atoms with Crippen LogP contribution in [0.15, 0.2) is 77.3 Å². The fourth-order valence-electron chi connectivity index (χ4n) is 5.08. The lowest BCUT2D eigenvalue weighted by Gasteiger charge is -2.13. The molecular formula is C30H27N2O+. The molecule has 0 unspecified atom stereocenters. The van der Waals surface area contributed by atoms with Crippen LogP contribution in [-0.4, -0.2) is 4.98 Å². The fourth-order valence-corrected chi connectivity index (χ4v) is 5.08. The minimum Gasteiger partial charge on any atom is -0.437 e. The van der Waals surface area contributed by atoms with Crippen molar-refractivity contribution in [2.45, 2.75) is 27.1 Å². The summed E-state index contributed by atoms with van der Waals surface area (Å²) in [6.07, 6.45) is -1.27. The molecular weight excluding hydrogens is 404 g/mol. The molecule has 0 spiro atoms. The molecule has 3 heteroatoms. The SMILES string of the molecule is [2H]c1ccc2c(n1)oc1c(-c3ccc4c(C([2H])([2H])C(C)C)cccc4[n+]3C)c(C)c3ccccc3c12. The van der Waals surface area contributed by atoms with Crippen LogP contribution in [0.5, 0.6) is 0 Å². The second-order valence-corrected chi connectivity index (χ2v) is 8.96. The first-order valence-corrected chi connectivity index (χ1v) is 11.3. The van der Waals surface area contributed by atoms with E-state index < -0.39 is 6.37 Å². The Morgan fingerprint density at radius 3 is 2.55 bits per heavy atom. The molecule has 33 heavy (non-hydrogen) atoms. The number of hydrogen-bond acceptors (Lipinski definition) is 2. The van der Waals surface area contributed by atoms with E-state index in [1.54, 1.807) is 6.07 Å². The lowest BCUT2D eigenvalue weighted by atomic mass is 9.92. The lowest BCUT2D eigenvalue weighted by molar-refractivity contribution is -0.633. The summed E-state index contributed by atoms with van der Waals surface area (Å²) < 4.78 is 33.9. The Morgan fingerprint density at radius 1 is 0.939 bits per heavy atom. The van der Waals surface area contributed by atoms with Crippen molar-refractivity contribution in [2.75, 3.05) is 0 Å². The van der Waals surface area contributed by atoms with Gasteiger partial charge in [-0.15, -0.1) is 0 Å². The highest BCUT2D eigenvalue weighted by Gasteiger charge is 2.25. The third-order valence-electron chi connectivity index (χ3n) is 6.53. The third-order valence-corrected chi connectivity index (χ3v) is 6.53. The summed E-state index contributed by atoms with van der Waals surface area (Å²) in [5.74, 6) is -0.152. The summed E-state index contributed by atoms with van der Waals surface area (Å²) in [6, 6.07) is 21.9. The number of aryl methyl sites for hydroxylation is 2. The van der Waals surface area contributed by atoms with Gasteiger partial charge < -0.3 is 4.42 Å². The molecule has 0 saturated carbocycles. The van der Waals surface area contributed by atoms with Crippen LogP contribution < -0.4 is 4.57 Å². The quantitative estimate of drug-likeness (QED) is 0.274. The second-order valence-electron chi connectivity index (χ2n) is 8.96. The van der Waals surface area contributed by atoms with Gasteiger partial charge in [-0.25, -0.2) is 4.98 Å². The van der Waals surface area contributed by atoms with Crippen LogP contribution >= 0.6 is 0 Å². The van der Waals surface area contributed by atoms with Crippen molar-refractivity contribution in [3.63, 3.8) is 0 Å². The molecule has 6 rings (SSSR count). The summed E-state index contributed by atoms with van der Waals surface area (Å²) in [5.41, 5.74) is 5.93. The van der Waals surface area contributed by atoms with Crippen LogP contribution in [0.25, 0.3) is 55.0 Å². The van der Waals surface area contributed by atoms with E-state index in [1.165, 1.54) is 0 Å². The Labute approximate surface area is 197 Å². The zero-order valence-corrected chi connectivity index (χ0v) is 19.2. The highest BCUT2D eigenvalue weighted by molar-refractivity contribution is 6.22. The first-order chi connectivity index (χ1) is 17.2. The van der Waals surface area contributed by atoms with Gasteiger partial charge in [0, 0.05) is 37.2 Å². The van der Waals surface area contributed by atoms with Gasteiger partial charge in [0.15, 0.2) is 5.58 Å². The maximum atomic E-state index is 8.72. The van der Waals surface area contributed by atoms with Gasteiger partial charge >= 0.3 is 0 Å². The normalized spacial score (nSPS) is 13.8. The van der Waals surface area contributed by atoms with Crippen molar-refractivity contribution in [3.05, 3.63) is 84.0 Å². The van der Waals surface area contributed by atoms with Crippen LogP contribution in [0.2, 0.25) is 0 Å². The standard InChI is InChI=1S/C30H27N2O/c1-18(2)17-20-9-7-13-25-22(20)14-15-26(32(25)4)27-19(3)21-10-5-6-11-23(21)28-24-12-8-16-31-30(24)33-29(27)28/h5-16,18H,17H2,1-4H3/q+1/i16D,17D2. The number of fused-ring (bicyclic) bond motifs is 6. The van der Waals surface area contributed by atoms with E-state index >= 15 is 0 Å². The molecule has 3 nitrogen and oxygen atoms in total. The fraction of sp³-hybridized carbons (Fsp3) is 0.200. The van der Waals surface area contributed by atoms with E-state index in [-0.39, 0.29) is 12.1 Å². The van der Waals surface area contributed by atoms with Crippen molar-refractivity contribution in [1.82, 2.24) is 4.98 Å². The molecule has 3 aromatic carbocycles. The minimum absolute atomic E-state index is 0.152. The first kappa shape index (κ1) is 16.8. The van der Waals surface area contributed by atoms with E-state index in [4.69, 9.17) is 8.53 Å². The summed E-state index contributed by atoms with van der Waals surface area (Å²) in [7, 11) is 2.02. The van der Waals surface area contributed by atoms with Crippen molar-refractivity contribution in [1.29, 1.82) is 0 Å². The zero-order valence-electron chi connectivity index (χ0n) is 22.2. The van der Waals surface area contributed by atoms with Gasteiger partial charge in [0.05, 0.1) is 6.93 Å². The Morgan fingerprint density at radius 2 is 1.73 bits per heavy atom. The van der Waals surface area contributed by atoms with Crippen LogP contribution in [0.3, 0.4) is 0 Å². The zero-order chi connectivity index (χ0) is 25.4. The lowest BCUT2D eigenvalue weighted by Crippen LogP contribution is -2.32. The molecule has 0 bridgehead atoms. The topological polar surface area (TPSA) is 29.9 Å². The predicted octanol–water partition coefficient (Wildman–Crippen LogP) is 7.29. The molecule has 0 aliphatic carbocycles. The molecule has 0 radical (unpaired) electrons. The Hall–Kier alpha value is -3.72. The maximum Gasteiger partial charge on any atom is 0.227 e. The maximum absolute atomic E-state index is 8.72. The van der Waals surface area contributed by atoms with Gasteiger partial charge in [-0.3, -0.25) is 0 Å². The van der Waals surface area contributed by atoms with E-state index in [1.807, 2.05) is 63.4 Å². The van der Waals surface area contributed by atoms with E-state index in [2.05, 4.69) is 34.7 Å². The third kappa shape index (κ3) is 2.96. The molecule has 0 aliphatic rings. The van der Waals surface area contributed by atoms with Gasteiger partial charge in [-0.1, -0.05) is 50.2 Å². The van der Waals surface area contributed by atoms with E-state index in [9.17, 15) is 0 Å². The summed E-state index contributed by atoms with van der Waals surface area (Å²) in [6.45, 7) is 5.95. The number of hydrogen-bond donors (Lipinski definition) is 0. The minimum atomic E-state index is -1.45. The molecule has 0 saturated heterocycles. The monoisotopic (exact) mass is 434 g/mol. The molecule has 0 aliphatic heterocycles. The number of benzene rings is 3. The van der Waals surface area contributed by atoms with Gasteiger partial charge in [-0.2, -0.15) is 4.57 Å². The highest BCUT2D eigenvalue weighted by atomic mass is 16.3. The van der Waals surface area contributed by atoms with E-state index in [0.717, 1.165) is 54.9 Å². The van der Waals surface area contributed by atoms with Crippen LogP contribution in [0, 0.1) is 12.8 Å². The molecule has 0 fully saturated rings. The van der Waals surface area contributed by atoms with Gasteiger partial charge in [-0.05, 0) is 59.3 Å². The molecule has 0 atom stereocenters. The number of nitrogens with zero attached hydrogens (tertiary/aromatic N) is 2. The van der Waals surface area contributed by atoms with Crippen LogP contribution in [0.1, 0.15) is 29.1 Å². The Kier molecular flexibility index (Phi) is 3.79. The number of furan rings is 1. The molecule has 162 valence electrons. The van der Waals surface area contributed by atoms with Crippen molar-refractivity contribution in [2.24, 2.45) is 13.0 Å². The summed E-state index contributed by atoms with van der Waals surface area (Å²) in [4.78, 5) is 4.36. The number of rotatable bonds is 3. The van der Waals surface area contributed by atoms with E-state index in [0.29, 0.717) is 11.3 Å². The molecule has 3 heterocycles. The largest absolute Gasteiger partial charge is 0.437 e. The molecule has 0 N–H and O–H groups in total. The van der Waals surface area contributed by atoms with Crippen molar-refractivity contribution >= 4 is 43.7 Å². The van der Waals surface area contributed by atoms with Crippen molar-refractivity contribution < 1.29 is 13.1 Å². The van der Waals surface area contributed by atoms with Gasteiger partial charge in [0.1, 0.15) is 7.05 Å². The highest BCUT2D eigenvalue weighted by Crippen LogP contribution is 2.42. The molecule has 6 aromatic rings. The summed E-state index contributed by atoms with van der Waals surface area (Å²) >= 11 is 0. The first-order valence-electron chi connectivity index (χ1n) is 12.8. The molecule has 3 aromatic heterocycles. The van der Waals surface area contributed by atoms with Gasteiger partial charge in [0.2, 0.25) is 16.9 Å². The second kappa shape index (κ2) is 7.41. The summed E-state index contributed by atoms with van der Waals surface area (Å²) in [5, 5.41) is 5.04. The van der Waals surface area contributed by atoms with Crippen LogP contribution in [-0.2, 0) is 13.4 Å². The van der Waals surface area contributed by atoms with Crippen molar-refractivity contribution in [3.8, 4) is 11.3 Å². The Balaban J connectivity index is 1.74. The Bertz CT molecular complexity index is 1840. The average molecular weight is 435 g/mol. The average Bonchev–Trinajstić information content (AvgIpc) is 3.23. The van der Waals surface area contributed by atoms with Gasteiger partial charge in [0.25, 0.3) is 0 Å². The molecule has 0 amide bonds. The van der Waals surface area contributed by atoms with Crippen LogP contribution in [0.4, 0.5) is 0 Å². The number of pyridine rings is 2.